The molecule has 1 aliphatic rings. The molecular formula is C17H30N4S. The Labute approximate surface area is 139 Å². The average molecular weight is 323 g/mol. The first-order chi connectivity index (χ1) is 10.7. The molecule has 0 spiro atoms. The van der Waals surface area contributed by atoms with E-state index in [-0.39, 0.29) is 0 Å². The minimum Gasteiger partial charge on any atom is -0.356 e. The van der Waals surface area contributed by atoms with Gasteiger partial charge in [-0.05, 0) is 55.8 Å². The van der Waals surface area contributed by atoms with Crippen LogP contribution in [0.2, 0.25) is 0 Å². The summed E-state index contributed by atoms with van der Waals surface area (Å²) in [5.41, 5.74) is 1.35. The summed E-state index contributed by atoms with van der Waals surface area (Å²) in [7, 11) is 1.84. The number of piperidine rings is 1. The van der Waals surface area contributed by atoms with Gasteiger partial charge in [0.2, 0.25) is 0 Å². The van der Waals surface area contributed by atoms with Crippen LogP contribution in [-0.2, 0) is 6.54 Å². The van der Waals surface area contributed by atoms with Crippen molar-refractivity contribution in [3.05, 3.63) is 21.9 Å². The molecule has 124 valence electrons. The third kappa shape index (κ3) is 5.61. The second kappa shape index (κ2) is 9.16. The molecule has 4 nitrogen and oxygen atoms in total. The molecular weight excluding hydrogens is 292 g/mol. The fourth-order valence-corrected chi connectivity index (χ4v) is 3.73. The van der Waals surface area contributed by atoms with Gasteiger partial charge in [0.05, 0.1) is 6.54 Å². The number of nitrogens with one attached hydrogen (secondary N) is 2. The summed E-state index contributed by atoms with van der Waals surface area (Å²) in [5, 5.41) is 9.01. The first-order valence-electron chi connectivity index (χ1n) is 8.39. The Morgan fingerprint density at radius 1 is 1.32 bits per heavy atom. The van der Waals surface area contributed by atoms with Gasteiger partial charge in [-0.3, -0.25) is 4.99 Å². The van der Waals surface area contributed by atoms with Gasteiger partial charge in [-0.25, -0.2) is 0 Å². The molecule has 0 radical (unpaired) electrons. The second-order valence-electron chi connectivity index (χ2n) is 6.30. The normalized spacial score (nSPS) is 18.2. The Hall–Kier alpha value is -1.07. The molecule has 1 aromatic heterocycles. The van der Waals surface area contributed by atoms with Gasteiger partial charge < -0.3 is 15.5 Å². The smallest absolute Gasteiger partial charge is 0.191 e. The minimum atomic E-state index is 0.639. The summed E-state index contributed by atoms with van der Waals surface area (Å²) in [5.74, 6) is 1.54. The molecule has 2 rings (SSSR count). The van der Waals surface area contributed by atoms with E-state index in [1.54, 1.807) is 11.3 Å². The molecule has 5 heteroatoms. The Kier molecular flexibility index (Phi) is 7.19. The van der Waals surface area contributed by atoms with E-state index in [1.807, 2.05) is 7.05 Å². The van der Waals surface area contributed by atoms with Gasteiger partial charge in [-0.1, -0.05) is 13.3 Å². The fraction of sp³-hybridized carbons (Fsp3) is 0.706. The van der Waals surface area contributed by atoms with Crippen molar-refractivity contribution < 1.29 is 0 Å². The summed E-state index contributed by atoms with van der Waals surface area (Å²) in [4.78, 5) is 8.30. The quantitative estimate of drug-likeness (QED) is 0.625. The molecule has 1 saturated heterocycles. The number of guanidine groups is 1. The summed E-state index contributed by atoms with van der Waals surface area (Å²) < 4.78 is 0. The lowest BCUT2D eigenvalue weighted by Crippen LogP contribution is -2.42. The predicted molar refractivity (Wildman–Crippen MR) is 96.7 cm³/mol. The van der Waals surface area contributed by atoms with Crippen LogP contribution in [0.1, 0.15) is 36.6 Å². The van der Waals surface area contributed by atoms with Crippen molar-refractivity contribution in [3.63, 3.8) is 0 Å². The van der Waals surface area contributed by atoms with E-state index < -0.39 is 0 Å². The summed E-state index contributed by atoms with van der Waals surface area (Å²) in [6.45, 7) is 10.0. The van der Waals surface area contributed by atoms with Crippen LogP contribution in [0, 0.1) is 12.8 Å². The number of aryl methyl sites for hydroxylation is 1. The first kappa shape index (κ1) is 17.3. The van der Waals surface area contributed by atoms with E-state index in [4.69, 9.17) is 0 Å². The second-order valence-corrected chi connectivity index (χ2v) is 7.30. The van der Waals surface area contributed by atoms with E-state index in [2.05, 4.69) is 45.8 Å². The van der Waals surface area contributed by atoms with E-state index in [0.717, 1.165) is 19.0 Å². The zero-order chi connectivity index (χ0) is 15.8. The maximum absolute atomic E-state index is 4.32. The zero-order valence-electron chi connectivity index (χ0n) is 14.2. The van der Waals surface area contributed by atoms with E-state index in [0.29, 0.717) is 5.92 Å². The molecule has 1 aromatic rings. The lowest BCUT2D eigenvalue weighted by atomic mass is 10.1. The average Bonchev–Trinajstić information content (AvgIpc) is 2.94. The SMILES string of the molecule is CN=C(NCc1sccc1C)NCC(C)CN1CCCCC1. The molecule has 0 saturated carbocycles. The Bertz CT molecular complexity index is 463. The summed E-state index contributed by atoms with van der Waals surface area (Å²) >= 11 is 1.80. The monoisotopic (exact) mass is 322 g/mol. The van der Waals surface area contributed by atoms with Crippen molar-refractivity contribution in [1.29, 1.82) is 0 Å². The van der Waals surface area contributed by atoms with Crippen molar-refractivity contribution in [3.8, 4) is 0 Å². The fourth-order valence-electron chi connectivity index (χ4n) is 2.89. The number of nitrogens with zero attached hydrogens (tertiary/aromatic N) is 2. The van der Waals surface area contributed by atoms with Crippen LogP contribution in [0.3, 0.4) is 0 Å². The topological polar surface area (TPSA) is 39.7 Å². The van der Waals surface area contributed by atoms with Crippen molar-refractivity contribution in [1.82, 2.24) is 15.5 Å². The van der Waals surface area contributed by atoms with Gasteiger partial charge in [0.1, 0.15) is 0 Å². The van der Waals surface area contributed by atoms with Crippen LogP contribution in [0.4, 0.5) is 0 Å². The number of likely N-dealkylation sites (tertiary alicyclic amines) is 1. The highest BCUT2D eigenvalue weighted by Crippen LogP contribution is 2.14. The Morgan fingerprint density at radius 2 is 2.09 bits per heavy atom. The molecule has 22 heavy (non-hydrogen) atoms. The lowest BCUT2D eigenvalue weighted by Gasteiger charge is -2.29. The van der Waals surface area contributed by atoms with Crippen LogP contribution in [-0.4, -0.2) is 44.1 Å². The highest BCUT2D eigenvalue weighted by Gasteiger charge is 2.13. The van der Waals surface area contributed by atoms with Crippen LogP contribution >= 0.6 is 11.3 Å². The summed E-state index contributed by atoms with van der Waals surface area (Å²) in [6, 6.07) is 2.17. The molecule has 1 unspecified atom stereocenters. The number of rotatable bonds is 6. The van der Waals surface area contributed by atoms with Gasteiger partial charge in [0.25, 0.3) is 0 Å². The Morgan fingerprint density at radius 3 is 2.73 bits per heavy atom. The Balaban J connectivity index is 1.68. The van der Waals surface area contributed by atoms with E-state index in [1.165, 1.54) is 49.3 Å². The van der Waals surface area contributed by atoms with Crippen molar-refractivity contribution in [2.45, 2.75) is 39.7 Å². The van der Waals surface area contributed by atoms with Crippen molar-refractivity contribution >= 4 is 17.3 Å². The number of hydrogen-bond donors (Lipinski definition) is 2. The number of hydrogen-bond acceptors (Lipinski definition) is 3. The number of aliphatic imine (C=N–C) groups is 1. The van der Waals surface area contributed by atoms with Crippen LogP contribution < -0.4 is 10.6 Å². The highest BCUT2D eigenvalue weighted by atomic mass is 32.1. The minimum absolute atomic E-state index is 0.639. The maximum Gasteiger partial charge on any atom is 0.191 e. The number of thiophene rings is 1. The summed E-state index contributed by atoms with van der Waals surface area (Å²) in [6.07, 6.45) is 4.13. The molecule has 1 fully saturated rings. The van der Waals surface area contributed by atoms with Gasteiger partial charge in [0.15, 0.2) is 5.96 Å². The van der Waals surface area contributed by atoms with Gasteiger partial charge in [-0.2, -0.15) is 0 Å². The van der Waals surface area contributed by atoms with Gasteiger partial charge >= 0.3 is 0 Å². The van der Waals surface area contributed by atoms with Gasteiger partial charge in [-0.15, -0.1) is 11.3 Å². The zero-order valence-corrected chi connectivity index (χ0v) is 15.0. The molecule has 2 heterocycles. The maximum atomic E-state index is 4.32. The molecule has 0 amide bonds. The third-order valence-corrected chi connectivity index (χ3v) is 5.27. The van der Waals surface area contributed by atoms with Crippen LogP contribution in [0.5, 0.6) is 0 Å². The predicted octanol–water partition coefficient (Wildman–Crippen LogP) is 2.84. The molecule has 1 aliphatic heterocycles. The highest BCUT2D eigenvalue weighted by molar-refractivity contribution is 7.10. The molecule has 0 aromatic carbocycles. The largest absolute Gasteiger partial charge is 0.356 e. The van der Waals surface area contributed by atoms with Crippen LogP contribution in [0.25, 0.3) is 0 Å². The van der Waals surface area contributed by atoms with Crippen molar-refractivity contribution in [2.75, 3.05) is 33.2 Å². The lowest BCUT2D eigenvalue weighted by molar-refractivity contribution is 0.201. The molecule has 0 aliphatic carbocycles. The molecule has 2 N–H and O–H groups in total. The van der Waals surface area contributed by atoms with Crippen LogP contribution in [0.15, 0.2) is 16.4 Å². The third-order valence-electron chi connectivity index (χ3n) is 4.24. The first-order valence-corrected chi connectivity index (χ1v) is 9.27. The van der Waals surface area contributed by atoms with E-state index >= 15 is 0 Å². The van der Waals surface area contributed by atoms with E-state index in [9.17, 15) is 0 Å². The van der Waals surface area contributed by atoms with Crippen molar-refractivity contribution in [2.24, 2.45) is 10.9 Å². The standard InChI is InChI=1S/C17H30N4S/c1-14(13-21-8-5-4-6-9-21)11-19-17(18-3)20-12-16-15(2)7-10-22-16/h7,10,14H,4-6,8-9,11-13H2,1-3H3,(H2,18,19,20). The molecule has 0 bridgehead atoms. The van der Waals surface area contributed by atoms with Gasteiger partial charge in [0, 0.05) is 25.0 Å². The molecule has 1 atom stereocenters.